The van der Waals surface area contributed by atoms with Crippen LogP contribution < -0.4 is 19.6 Å². The van der Waals surface area contributed by atoms with Gasteiger partial charge in [0.05, 0.1) is 25.5 Å². The molecule has 7 nitrogen and oxygen atoms in total. The molecule has 0 radical (unpaired) electrons. The summed E-state index contributed by atoms with van der Waals surface area (Å²) in [6, 6.07) is 11.8. The van der Waals surface area contributed by atoms with Crippen molar-refractivity contribution in [1.29, 1.82) is 0 Å². The molecule has 0 aromatic heterocycles. The van der Waals surface area contributed by atoms with E-state index in [-0.39, 0.29) is 5.91 Å². The van der Waals surface area contributed by atoms with Gasteiger partial charge in [-0.25, -0.2) is 10.2 Å². The first-order valence-electron chi connectivity index (χ1n) is 11.5. The molecule has 2 aromatic carbocycles. The number of esters is 1. The fourth-order valence-corrected chi connectivity index (χ4v) is 3.14. The third-order valence-electron chi connectivity index (χ3n) is 4.96. The number of carbonyl (C=O) groups is 2. The first kappa shape index (κ1) is 25.9. The third kappa shape index (κ3) is 9.35. The molecule has 0 saturated heterocycles. The Kier molecular flexibility index (Phi) is 11.5. The predicted molar refractivity (Wildman–Crippen MR) is 129 cm³/mol. The molecule has 7 heteroatoms. The normalized spacial score (nSPS) is 10.8. The molecule has 1 amide bonds. The number of carbonyl (C=O) groups excluding carboxylic acids is 2. The van der Waals surface area contributed by atoms with E-state index in [1.54, 1.807) is 49.6 Å². The number of rotatable bonds is 14. The van der Waals surface area contributed by atoms with Crippen LogP contribution in [-0.2, 0) is 4.79 Å². The van der Waals surface area contributed by atoms with Crippen molar-refractivity contribution in [2.24, 2.45) is 5.10 Å². The van der Waals surface area contributed by atoms with E-state index in [2.05, 4.69) is 17.5 Å². The molecular weight excluding hydrogens is 420 g/mol. The minimum atomic E-state index is -0.498. The number of nitrogens with one attached hydrogen (secondary N) is 1. The van der Waals surface area contributed by atoms with Gasteiger partial charge in [-0.3, -0.25) is 4.79 Å². The molecule has 0 bridgehead atoms. The summed E-state index contributed by atoms with van der Waals surface area (Å²) in [5, 5.41) is 4.03. The van der Waals surface area contributed by atoms with E-state index < -0.39 is 5.97 Å². The lowest BCUT2D eigenvalue weighted by Crippen LogP contribution is -2.16. The van der Waals surface area contributed by atoms with E-state index in [1.807, 2.05) is 6.92 Å². The van der Waals surface area contributed by atoms with Crippen LogP contribution >= 0.6 is 0 Å². The van der Waals surface area contributed by atoms with Crippen LogP contribution in [0.5, 0.6) is 17.2 Å². The number of ether oxygens (including phenoxy) is 3. The number of hydrazone groups is 1. The third-order valence-corrected chi connectivity index (χ3v) is 4.96. The first-order valence-corrected chi connectivity index (χ1v) is 11.5. The summed E-state index contributed by atoms with van der Waals surface area (Å²) < 4.78 is 16.2. The topological polar surface area (TPSA) is 86.2 Å². The van der Waals surface area contributed by atoms with Crippen LogP contribution in [0.15, 0.2) is 47.6 Å². The largest absolute Gasteiger partial charge is 0.497 e. The quantitative estimate of drug-likeness (QED) is 0.134. The van der Waals surface area contributed by atoms with Gasteiger partial charge in [-0.1, -0.05) is 39.0 Å². The van der Waals surface area contributed by atoms with Crippen LogP contribution in [-0.4, -0.2) is 31.8 Å². The molecule has 2 aromatic rings. The van der Waals surface area contributed by atoms with Crippen molar-refractivity contribution in [1.82, 2.24) is 5.43 Å². The number of hydrogen-bond acceptors (Lipinski definition) is 6. The summed E-state index contributed by atoms with van der Waals surface area (Å²) >= 11 is 0. The first-order chi connectivity index (χ1) is 16.1. The Morgan fingerprint density at radius 2 is 1.67 bits per heavy atom. The van der Waals surface area contributed by atoms with Gasteiger partial charge in [0.25, 0.3) is 0 Å². The maximum atomic E-state index is 12.5. The molecule has 0 heterocycles. The highest BCUT2D eigenvalue weighted by Crippen LogP contribution is 2.29. The second kappa shape index (κ2) is 14.7. The molecule has 2 rings (SSSR count). The van der Waals surface area contributed by atoms with E-state index in [0.29, 0.717) is 41.4 Å². The van der Waals surface area contributed by atoms with Crippen LogP contribution in [0.25, 0.3) is 0 Å². The molecule has 0 unspecified atom stereocenters. The van der Waals surface area contributed by atoms with Crippen molar-refractivity contribution < 1.29 is 23.8 Å². The van der Waals surface area contributed by atoms with Gasteiger partial charge < -0.3 is 14.2 Å². The highest BCUT2D eigenvalue weighted by molar-refractivity contribution is 5.91. The van der Waals surface area contributed by atoms with Gasteiger partial charge >= 0.3 is 5.97 Å². The summed E-state index contributed by atoms with van der Waals surface area (Å²) in [6.07, 6.45) is 8.79. The van der Waals surface area contributed by atoms with Gasteiger partial charge in [-0.2, -0.15) is 5.10 Å². The van der Waals surface area contributed by atoms with E-state index in [1.165, 1.54) is 31.9 Å². The molecule has 0 saturated carbocycles. The van der Waals surface area contributed by atoms with Crippen molar-refractivity contribution in [3.05, 3.63) is 53.6 Å². The maximum absolute atomic E-state index is 12.5. The molecule has 0 aliphatic carbocycles. The van der Waals surface area contributed by atoms with Gasteiger partial charge in [-0.15, -0.1) is 0 Å². The minimum Gasteiger partial charge on any atom is -0.497 e. The Morgan fingerprint density at radius 1 is 0.939 bits per heavy atom. The zero-order valence-corrected chi connectivity index (χ0v) is 19.8. The van der Waals surface area contributed by atoms with Crippen molar-refractivity contribution in [3.8, 4) is 17.2 Å². The number of amides is 1. The molecule has 1 N–H and O–H groups in total. The fraction of sp³-hybridized carbons (Fsp3) is 0.423. The van der Waals surface area contributed by atoms with Crippen LogP contribution in [0.4, 0.5) is 0 Å². The number of hydrogen-bond donors (Lipinski definition) is 1. The Balaban J connectivity index is 1.91. The average molecular weight is 455 g/mol. The molecule has 178 valence electrons. The SMILES string of the molecule is CCCCCCCCC(=O)N/N=C/c1ccc(OC(=O)c2ccc(OC)cc2)c(OCC)c1. The van der Waals surface area contributed by atoms with Crippen molar-refractivity contribution in [2.45, 2.75) is 58.8 Å². The highest BCUT2D eigenvalue weighted by Gasteiger charge is 2.13. The molecule has 0 fully saturated rings. The summed E-state index contributed by atoms with van der Waals surface area (Å²) in [6.45, 7) is 4.44. The number of unbranched alkanes of at least 4 members (excludes halogenated alkanes) is 5. The Bertz CT molecular complexity index is 909. The maximum Gasteiger partial charge on any atom is 0.343 e. The molecular formula is C26H34N2O5. The minimum absolute atomic E-state index is 0.100. The summed E-state index contributed by atoms with van der Waals surface area (Å²) in [5.74, 6) is 0.784. The Hall–Kier alpha value is -3.35. The summed E-state index contributed by atoms with van der Waals surface area (Å²) in [7, 11) is 1.56. The van der Waals surface area contributed by atoms with Crippen molar-refractivity contribution >= 4 is 18.1 Å². The molecule has 0 aliphatic heterocycles. The summed E-state index contributed by atoms with van der Waals surface area (Å²) in [4.78, 5) is 24.4. The lowest BCUT2D eigenvalue weighted by Gasteiger charge is -2.11. The zero-order valence-electron chi connectivity index (χ0n) is 19.8. The zero-order chi connectivity index (χ0) is 23.9. The molecule has 33 heavy (non-hydrogen) atoms. The smallest absolute Gasteiger partial charge is 0.343 e. The van der Waals surface area contributed by atoms with Gasteiger partial charge in [-0.05, 0) is 61.4 Å². The number of methoxy groups -OCH3 is 1. The molecule has 0 spiro atoms. The molecule has 0 aliphatic rings. The van der Waals surface area contributed by atoms with Gasteiger partial charge in [0.1, 0.15) is 5.75 Å². The second-order valence-electron chi connectivity index (χ2n) is 7.57. The van der Waals surface area contributed by atoms with Crippen LogP contribution in [0.2, 0.25) is 0 Å². The van der Waals surface area contributed by atoms with E-state index in [9.17, 15) is 9.59 Å². The predicted octanol–water partition coefficient (Wildman–Crippen LogP) is 5.51. The molecule has 0 atom stereocenters. The lowest BCUT2D eigenvalue weighted by atomic mass is 10.1. The van der Waals surface area contributed by atoms with Gasteiger partial charge in [0.2, 0.25) is 5.91 Å². The number of nitrogens with zero attached hydrogens (tertiary/aromatic N) is 1. The van der Waals surface area contributed by atoms with Crippen LogP contribution in [0, 0.1) is 0 Å². The average Bonchev–Trinajstić information content (AvgIpc) is 2.83. The second-order valence-corrected chi connectivity index (χ2v) is 7.57. The Morgan fingerprint density at radius 3 is 2.36 bits per heavy atom. The van der Waals surface area contributed by atoms with Crippen molar-refractivity contribution in [3.63, 3.8) is 0 Å². The fourth-order valence-electron chi connectivity index (χ4n) is 3.14. The summed E-state index contributed by atoms with van der Waals surface area (Å²) in [5.41, 5.74) is 3.67. The van der Waals surface area contributed by atoms with Crippen molar-refractivity contribution in [2.75, 3.05) is 13.7 Å². The number of benzene rings is 2. The van der Waals surface area contributed by atoms with E-state index in [0.717, 1.165) is 12.8 Å². The highest BCUT2D eigenvalue weighted by atomic mass is 16.6. The van der Waals surface area contributed by atoms with E-state index >= 15 is 0 Å². The van der Waals surface area contributed by atoms with Crippen LogP contribution in [0.1, 0.15) is 74.7 Å². The Labute approximate surface area is 196 Å². The van der Waals surface area contributed by atoms with Crippen LogP contribution in [0.3, 0.4) is 0 Å². The monoisotopic (exact) mass is 454 g/mol. The van der Waals surface area contributed by atoms with Gasteiger partial charge in [0, 0.05) is 6.42 Å². The van der Waals surface area contributed by atoms with E-state index in [4.69, 9.17) is 14.2 Å². The lowest BCUT2D eigenvalue weighted by molar-refractivity contribution is -0.121. The standard InChI is InChI=1S/C26H34N2O5/c1-4-6-7-8-9-10-11-25(29)28-27-19-20-12-17-23(24(18-20)32-5-2)33-26(30)21-13-15-22(31-3)16-14-21/h12-19H,4-11H2,1-3H3,(H,28,29)/b27-19+. The van der Waals surface area contributed by atoms with Gasteiger partial charge in [0.15, 0.2) is 11.5 Å².